The highest BCUT2D eigenvalue weighted by Gasteiger charge is 2.22. The van der Waals surface area contributed by atoms with Crippen LogP contribution in [0.4, 0.5) is 0 Å². The average molecular weight is 316 g/mol. The molecule has 1 aliphatic rings. The van der Waals surface area contributed by atoms with Gasteiger partial charge in [0.1, 0.15) is 4.21 Å². The largest absolute Gasteiger partial charge is 0.315 e. The van der Waals surface area contributed by atoms with Crippen molar-refractivity contribution in [1.82, 2.24) is 10.0 Å². The molecule has 0 aromatic carbocycles. The monoisotopic (exact) mass is 316 g/mol. The standard InChI is InChI=1S/C14H24N2O2S2/c1-11-3-5-12(6-4-11)9-16-20(17,18)14-8-7-13(19-14)10-15-2/h7-8,11-12,15-16H,3-6,9-10H2,1-2H3. The van der Waals surface area contributed by atoms with E-state index in [1.807, 2.05) is 13.1 Å². The van der Waals surface area contributed by atoms with Gasteiger partial charge in [-0.2, -0.15) is 0 Å². The summed E-state index contributed by atoms with van der Waals surface area (Å²) in [6.45, 7) is 3.56. The van der Waals surface area contributed by atoms with Gasteiger partial charge in [-0.1, -0.05) is 19.8 Å². The average Bonchev–Trinajstić information content (AvgIpc) is 2.88. The summed E-state index contributed by atoms with van der Waals surface area (Å²) < 4.78 is 27.7. The molecule has 1 saturated carbocycles. The van der Waals surface area contributed by atoms with Crippen molar-refractivity contribution in [3.8, 4) is 0 Å². The Morgan fingerprint density at radius 3 is 2.60 bits per heavy atom. The Kier molecular flexibility index (Phi) is 5.60. The lowest BCUT2D eigenvalue weighted by Gasteiger charge is -2.26. The molecule has 0 unspecified atom stereocenters. The molecule has 1 aromatic heterocycles. The summed E-state index contributed by atoms with van der Waals surface area (Å²) in [5, 5.41) is 3.03. The maximum atomic E-state index is 12.2. The molecule has 1 fully saturated rings. The smallest absolute Gasteiger partial charge is 0.250 e. The van der Waals surface area contributed by atoms with Gasteiger partial charge in [0.2, 0.25) is 10.0 Å². The second-order valence-corrected chi connectivity index (χ2v) is 8.89. The first kappa shape index (κ1) is 15.9. The summed E-state index contributed by atoms with van der Waals surface area (Å²) in [6.07, 6.45) is 4.72. The van der Waals surface area contributed by atoms with Crippen LogP contribution in [0, 0.1) is 11.8 Å². The normalized spacial score (nSPS) is 23.9. The predicted octanol–water partition coefficient (Wildman–Crippen LogP) is 2.57. The van der Waals surface area contributed by atoms with Crippen molar-refractivity contribution in [1.29, 1.82) is 0 Å². The Bertz CT molecular complexity index is 517. The molecule has 0 bridgehead atoms. The van der Waals surface area contributed by atoms with Gasteiger partial charge in [-0.15, -0.1) is 11.3 Å². The van der Waals surface area contributed by atoms with Crippen LogP contribution in [0.1, 0.15) is 37.5 Å². The Hall–Kier alpha value is -0.430. The first-order valence-electron chi connectivity index (χ1n) is 7.24. The summed E-state index contributed by atoms with van der Waals surface area (Å²) in [5.74, 6) is 1.29. The fourth-order valence-electron chi connectivity index (χ4n) is 2.60. The van der Waals surface area contributed by atoms with E-state index in [4.69, 9.17) is 0 Å². The molecule has 1 heterocycles. The molecule has 0 radical (unpaired) electrons. The molecule has 0 aliphatic heterocycles. The molecule has 2 N–H and O–H groups in total. The molecule has 0 amide bonds. The Morgan fingerprint density at radius 1 is 1.25 bits per heavy atom. The SMILES string of the molecule is CNCc1ccc(S(=O)(=O)NCC2CCC(C)CC2)s1. The van der Waals surface area contributed by atoms with Gasteiger partial charge in [0, 0.05) is 18.0 Å². The summed E-state index contributed by atoms with van der Waals surface area (Å²) in [5.41, 5.74) is 0. The molecule has 1 aromatic rings. The highest BCUT2D eigenvalue weighted by molar-refractivity contribution is 7.91. The molecule has 114 valence electrons. The van der Waals surface area contributed by atoms with E-state index >= 15 is 0 Å². The van der Waals surface area contributed by atoms with Crippen molar-refractivity contribution in [3.63, 3.8) is 0 Å². The molecule has 0 spiro atoms. The van der Waals surface area contributed by atoms with E-state index in [9.17, 15) is 8.42 Å². The molecule has 1 aliphatic carbocycles. The molecule has 4 nitrogen and oxygen atoms in total. The molecule has 2 rings (SSSR count). The van der Waals surface area contributed by atoms with Crippen LogP contribution in [0.2, 0.25) is 0 Å². The molecule has 20 heavy (non-hydrogen) atoms. The van der Waals surface area contributed by atoms with Crippen molar-refractivity contribution < 1.29 is 8.42 Å². The first-order valence-corrected chi connectivity index (χ1v) is 9.54. The first-order chi connectivity index (χ1) is 9.51. The highest BCUT2D eigenvalue weighted by Crippen LogP contribution is 2.28. The van der Waals surface area contributed by atoms with Gasteiger partial charge >= 0.3 is 0 Å². The van der Waals surface area contributed by atoms with E-state index in [1.54, 1.807) is 6.07 Å². The maximum absolute atomic E-state index is 12.2. The van der Waals surface area contributed by atoms with E-state index in [2.05, 4.69) is 17.0 Å². The second-order valence-electron chi connectivity index (χ2n) is 5.73. The van der Waals surface area contributed by atoms with E-state index < -0.39 is 10.0 Å². The van der Waals surface area contributed by atoms with Gasteiger partial charge in [0.25, 0.3) is 0 Å². The number of hydrogen-bond acceptors (Lipinski definition) is 4. The minimum Gasteiger partial charge on any atom is -0.315 e. The topological polar surface area (TPSA) is 58.2 Å². The zero-order valence-corrected chi connectivity index (χ0v) is 13.8. The van der Waals surface area contributed by atoms with E-state index in [1.165, 1.54) is 24.2 Å². The maximum Gasteiger partial charge on any atom is 0.250 e. The number of hydrogen-bond donors (Lipinski definition) is 2. The number of rotatable bonds is 6. The predicted molar refractivity (Wildman–Crippen MR) is 83.4 cm³/mol. The van der Waals surface area contributed by atoms with Gasteiger partial charge in [0.05, 0.1) is 0 Å². The highest BCUT2D eigenvalue weighted by atomic mass is 32.2. The summed E-state index contributed by atoms with van der Waals surface area (Å²) in [7, 11) is -1.47. The molecular formula is C14H24N2O2S2. The van der Waals surface area contributed by atoms with Crippen LogP contribution in [0.5, 0.6) is 0 Å². The lowest BCUT2D eigenvalue weighted by Crippen LogP contribution is -2.30. The van der Waals surface area contributed by atoms with Crippen LogP contribution >= 0.6 is 11.3 Å². The minimum atomic E-state index is -3.33. The lowest BCUT2D eigenvalue weighted by atomic mass is 9.83. The Balaban J connectivity index is 1.90. The third-order valence-corrected chi connectivity index (χ3v) is 6.95. The van der Waals surface area contributed by atoms with Crippen LogP contribution in [0.3, 0.4) is 0 Å². The van der Waals surface area contributed by atoms with Crippen LogP contribution in [-0.4, -0.2) is 22.0 Å². The van der Waals surface area contributed by atoms with Crippen LogP contribution in [0.25, 0.3) is 0 Å². The van der Waals surface area contributed by atoms with Crippen molar-refractivity contribution in [3.05, 3.63) is 17.0 Å². The lowest BCUT2D eigenvalue weighted by molar-refractivity contribution is 0.290. The molecule has 0 saturated heterocycles. The fraction of sp³-hybridized carbons (Fsp3) is 0.714. The van der Waals surface area contributed by atoms with Crippen molar-refractivity contribution >= 4 is 21.4 Å². The second kappa shape index (κ2) is 7.02. The van der Waals surface area contributed by atoms with E-state index in [0.29, 0.717) is 23.2 Å². The van der Waals surface area contributed by atoms with Crippen molar-refractivity contribution in [2.24, 2.45) is 11.8 Å². The number of nitrogens with one attached hydrogen (secondary N) is 2. The van der Waals surface area contributed by atoms with Crippen molar-refractivity contribution in [2.75, 3.05) is 13.6 Å². The fourth-order valence-corrected chi connectivity index (χ4v) is 5.13. The van der Waals surface area contributed by atoms with Gasteiger partial charge in [-0.3, -0.25) is 0 Å². The van der Waals surface area contributed by atoms with Gasteiger partial charge in [0.15, 0.2) is 0 Å². The van der Waals surface area contributed by atoms with Gasteiger partial charge in [-0.25, -0.2) is 13.1 Å². The zero-order valence-electron chi connectivity index (χ0n) is 12.2. The third-order valence-electron chi connectivity index (χ3n) is 3.95. The van der Waals surface area contributed by atoms with E-state index in [0.717, 1.165) is 23.6 Å². The Morgan fingerprint density at radius 2 is 1.95 bits per heavy atom. The summed E-state index contributed by atoms with van der Waals surface area (Å²) in [6, 6.07) is 3.57. The van der Waals surface area contributed by atoms with Crippen molar-refractivity contribution in [2.45, 2.75) is 43.4 Å². The molecular weight excluding hydrogens is 292 g/mol. The van der Waals surface area contributed by atoms with Crippen LogP contribution in [-0.2, 0) is 16.6 Å². The number of thiophene rings is 1. The minimum absolute atomic E-state index is 0.423. The van der Waals surface area contributed by atoms with E-state index in [-0.39, 0.29) is 0 Å². The van der Waals surface area contributed by atoms with Gasteiger partial charge < -0.3 is 5.32 Å². The zero-order chi connectivity index (χ0) is 14.6. The molecule has 6 heteroatoms. The third kappa shape index (κ3) is 4.28. The van der Waals surface area contributed by atoms with Gasteiger partial charge in [-0.05, 0) is 43.9 Å². The summed E-state index contributed by atoms with van der Waals surface area (Å²) >= 11 is 1.34. The Labute approximate surface area is 126 Å². The van der Waals surface area contributed by atoms with Crippen LogP contribution in [0.15, 0.2) is 16.3 Å². The quantitative estimate of drug-likeness (QED) is 0.848. The summed E-state index contributed by atoms with van der Waals surface area (Å²) in [4.78, 5) is 1.04. The molecule has 0 atom stereocenters. The number of sulfonamides is 1. The van der Waals surface area contributed by atoms with Crippen LogP contribution < -0.4 is 10.0 Å².